The van der Waals surface area contributed by atoms with E-state index in [0.29, 0.717) is 23.9 Å². The second-order valence-corrected chi connectivity index (χ2v) is 16.8. The number of hydrogen-bond donors (Lipinski definition) is 3. The summed E-state index contributed by atoms with van der Waals surface area (Å²) in [5.74, 6) is -0.155. The standard InChI is InChI=1S/C40H81N2O6P/c1-6-8-10-12-14-16-18-19-20-21-22-24-25-27-29-31-33-39(43)38(37-48-49(45,46)47-36-35-42(3,4)5)41-40(44)34-32-30-28-26-23-17-15-13-11-9-7-2/h24-25,38-39,43H,6-23,26-37H2,1-5H3,(H-,41,44,45,46)/p+1/b25-24+/t38-,39+/m0/s1. The van der Waals surface area contributed by atoms with Crippen LogP contribution >= 0.6 is 7.82 Å². The minimum atomic E-state index is -4.31. The van der Waals surface area contributed by atoms with Crippen LogP contribution < -0.4 is 5.32 Å². The summed E-state index contributed by atoms with van der Waals surface area (Å²) in [5, 5.41) is 13.9. The third-order valence-corrected chi connectivity index (χ3v) is 10.2. The minimum Gasteiger partial charge on any atom is -0.391 e. The fourth-order valence-corrected chi connectivity index (χ4v) is 6.66. The largest absolute Gasteiger partial charge is 0.472 e. The van der Waals surface area contributed by atoms with Gasteiger partial charge in [0, 0.05) is 6.42 Å². The van der Waals surface area contributed by atoms with Gasteiger partial charge in [0.25, 0.3) is 0 Å². The maximum absolute atomic E-state index is 12.8. The first kappa shape index (κ1) is 48.2. The Balaban J connectivity index is 4.44. The Hall–Kier alpha value is -0.760. The molecule has 0 fully saturated rings. The predicted octanol–water partition coefficient (Wildman–Crippen LogP) is 10.8. The van der Waals surface area contributed by atoms with Crippen molar-refractivity contribution < 1.29 is 32.9 Å². The molecule has 0 aromatic carbocycles. The highest BCUT2D eigenvalue weighted by Crippen LogP contribution is 2.43. The van der Waals surface area contributed by atoms with Crippen LogP contribution in [0.25, 0.3) is 0 Å². The second kappa shape index (κ2) is 33.1. The predicted molar refractivity (Wildman–Crippen MR) is 208 cm³/mol. The highest BCUT2D eigenvalue weighted by atomic mass is 31.2. The first-order valence-electron chi connectivity index (χ1n) is 20.6. The number of aliphatic hydroxyl groups is 1. The summed E-state index contributed by atoms with van der Waals surface area (Å²) in [6.07, 6.45) is 35.2. The first-order valence-corrected chi connectivity index (χ1v) is 22.0. The maximum Gasteiger partial charge on any atom is 0.472 e. The van der Waals surface area contributed by atoms with E-state index in [2.05, 4.69) is 31.3 Å². The number of hydrogen-bond acceptors (Lipinski definition) is 5. The van der Waals surface area contributed by atoms with E-state index in [1.54, 1.807) is 0 Å². The number of nitrogens with zero attached hydrogens (tertiary/aromatic N) is 1. The molecule has 0 aliphatic rings. The lowest BCUT2D eigenvalue weighted by atomic mass is 10.0. The molecule has 0 saturated heterocycles. The number of quaternary nitrogens is 1. The fourth-order valence-electron chi connectivity index (χ4n) is 5.92. The normalized spacial score (nSPS) is 14.7. The Morgan fingerprint density at radius 3 is 1.57 bits per heavy atom. The molecule has 49 heavy (non-hydrogen) atoms. The van der Waals surface area contributed by atoms with Gasteiger partial charge in [-0.25, -0.2) is 4.57 Å². The van der Waals surface area contributed by atoms with Gasteiger partial charge in [0.05, 0.1) is 39.9 Å². The zero-order valence-corrected chi connectivity index (χ0v) is 33.8. The van der Waals surface area contributed by atoms with Gasteiger partial charge in [0.1, 0.15) is 13.2 Å². The lowest BCUT2D eigenvalue weighted by Gasteiger charge is -2.26. The number of amides is 1. The average molecular weight is 718 g/mol. The lowest BCUT2D eigenvalue weighted by molar-refractivity contribution is -0.870. The van der Waals surface area contributed by atoms with E-state index in [1.165, 1.54) is 116 Å². The van der Waals surface area contributed by atoms with Gasteiger partial charge in [-0.2, -0.15) is 0 Å². The molecular weight excluding hydrogens is 635 g/mol. The molecule has 1 unspecified atom stereocenters. The highest BCUT2D eigenvalue weighted by Gasteiger charge is 2.28. The molecule has 0 heterocycles. The molecule has 0 aliphatic heterocycles. The summed E-state index contributed by atoms with van der Waals surface area (Å²) in [4.78, 5) is 23.0. The molecule has 0 aromatic heterocycles. The van der Waals surface area contributed by atoms with Gasteiger partial charge in [0.2, 0.25) is 5.91 Å². The zero-order chi connectivity index (χ0) is 36.5. The number of allylic oxidation sites excluding steroid dienone is 2. The van der Waals surface area contributed by atoms with Gasteiger partial charge < -0.3 is 19.8 Å². The number of likely N-dealkylation sites (N-methyl/N-ethyl adjacent to an activating group) is 1. The molecule has 3 N–H and O–H groups in total. The molecule has 0 rings (SSSR count). The zero-order valence-electron chi connectivity index (χ0n) is 32.9. The summed E-state index contributed by atoms with van der Waals surface area (Å²) in [7, 11) is 1.60. The monoisotopic (exact) mass is 718 g/mol. The Morgan fingerprint density at radius 2 is 1.10 bits per heavy atom. The van der Waals surface area contributed by atoms with Crippen LogP contribution in [0, 0.1) is 0 Å². The van der Waals surface area contributed by atoms with E-state index in [1.807, 2.05) is 21.1 Å². The van der Waals surface area contributed by atoms with Crippen molar-refractivity contribution >= 4 is 13.7 Å². The number of phosphoric ester groups is 1. The van der Waals surface area contributed by atoms with Crippen LogP contribution in [0.5, 0.6) is 0 Å². The second-order valence-electron chi connectivity index (χ2n) is 15.4. The molecule has 3 atom stereocenters. The van der Waals surface area contributed by atoms with Crippen LogP contribution in [-0.2, 0) is 18.4 Å². The van der Waals surface area contributed by atoms with E-state index in [9.17, 15) is 19.4 Å². The molecule has 0 radical (unpaired) electrons. The Bertz CT molecular complexity index is 819. The summed E-state index contributed by atoms with van der Waals surface area (Å²) < 4.78 is 23.5. The molecule has 9 heteroatoms. The summed E-state index contributed by atoms with van der Waals surface area (Å²) in [5.41, 5.74) is 0. The lowest BCUT2D eigenvalue weighted by Crippen LogP contribution is -2.46. The SMILES string of the molecule is CCCCCCCCCCCC/C=C/CCCC[C@@H](O)[C@H](COP(=O)(O)OCC[N+](C)(C)C)NC(=O)CCCCCCCCCCCCC. The van der Waals surface area contributed by atoms with Crippen molar-refractivity contribution in [2.45, 2.75) is 199 Å². The van der Waals surface area contributed by atoms with Crippen LogP contribution in [0.1, 0.15) is 187 Å². The third-order valence-electron chi connectivity index (χ3n) is 9.26. The average Bonchev–Trinajstić information content (AvgIpc) is 3.04. The molecule has 0 aromatic rings. The van der Waals surface area contributed by atoms with E-state index >= 15 is 0 Å². The van der Waals surface area contributed by atoms with Crippen LogP contribution in [-0.4, -0.2) is 73.4 Å². The number of nitrogens with one attached hydrogen (secondary N) is 1. The van der Waals surface area contributed by atoms with Gasteiger partial charge in [-0.15, -0.1) is 0 Å². The van der Waals surface area contributed by atoms with E-state index < -0.39 is 20.0 Å². The van der Waals surface area contributed by atoms with Crippen molar-refractivity contribution in [3.63, 3.8) is 0 Å². The maximum atomic E-state index is 12.8. The van der Waals surface area contributed by atoms with Crippen molar-refractivity contribution in [1.29, 1.82) is 0 Å². The van der Waals surface area contributed by atoms with Crippen LogP contribution in [0.3, 0.4) is 0 Å². The third kappa shape index (κ3) is 35.4. The number of phosphoric acid groups is 1. The van der Waals surface area contributed by atoms with Gasteiger partial charge in [-0.1, -0.05) is 154 Å². The van der Waals surface area contributed by atoms with Gasteiger partial charge in [-0.3, -0.25) is 13.8 Å². The van der Waals surface area contributed by atoms with Crippen molar-refractivity contribution in [2.75, 3.05) is 40.9 Å². The molecule has 0 aliphatic carbocycles. The number of rotatable bonds is 37. The van der Waals surface area contributed by atoms with E-state index in [4.69, 9.17) is 9.05 Å². The van der Waals surface area contributed by atoms with Crippen LogP contribution in [0.2, 0.25) is 0 Å². The first-order chi connectivity index (χ1) is 23.5. The fraction of sp³-hybridized carbons (Fsp3) is 0.925. The molecule has 0 spiro atoms. The van der Waals surface area contributed by atoms with Gasteiger partial charge >= 0.3 is 7.82 Å². The Kier molecular flexibility index (Phi) is 32.6. The summed E-state index contributed by atoms with van der Waals surface area (Å²) in [6, 6.07) is -0.769. The number of carbonyl (C=O) groups is 1. The van der Waals surface area contributed by atoms with Crippen molar-refractivity contribution in [3.8, 4) is 0 Å². The quantitative estimate of drug-likeness (QED) is 0.0256. The van der Waals surface area contributed by atoms with Crippen molar-refractivity contribution in [3.05, 3.63) is 12.2 Å². The number of carbonyl (C=O) groups excluding carboxylic acids is 1. The highest BCUT2D eigenvalue weighted by molar-refractivity contribution is 7.47. The van der Waals surface area contributed by atoms with Gasteiger partial charge in [-0.05, 0) is 38.5 Å². The molecule has 0 saturated carbocycles. The number of unbranched alkanes of at least 4 members (excludes halogenated alkanes) is 22. The van der Waals surface area contributed by atoms with E-state index in [-0.39, 0.29) is 19.1 Å². The Morgan fingerprint density at radius 1 is 0.673 bits per heavy atom. The smallest absolute Gasteiger partial charge is 0.391 e. The topological polar surface area (TPSA) is 105 Å². The summed E-state index contributed by atoms with van der Waals surface area (Å²) in [6.45, 7) is 4.85. The van der Waals surface area contributed by atoms with Crippen molar-refractivity contribution in [1.82, 2.24) is 5.32 Å². The summed E-state index contributed by atoms with van der Waals surface area (Å²) >= 11 is 0. The van der Waals surface area contributed by atoms with Gasteiger partial charge in [0.15, 0.2) is 0 Å². The van der Waals surface area contributed by atoms with Crippen LogP contribution in [0.4, 0.5) is 0 Å². The molecule has 1 amide bonds. The number of aliphatic hydroxyl groups excluding tert-OH is 1. The molecule has 292 valence electrons. The molecule has 8 nitrogen and oxygen atoms in total. The van der Waals surface area contributed by atoms with Crippen molar-refractivity contribution in [2.24, 2.45) is 0 Å². The van der Waals surface area contributed by atoms with E-state index in [0.717, 1.165) is 44.9 Å². The van der Waals surface area contributed by atoms with Crippen LogP contribution in [0.15, 0.2) is 12.2 Å². The Labute approximate surface area is 303 Å². The molecule has 0 bridgehead atoms. The molecular formula is C40H82N2O6P+. The minimum absolute atomic E-state index is 0.0719.